The van der Waals surface area contributed by atoms with Crippen LogP contribution in [-0.4, -0.2) is 35.6 Å². The van der Waals surface area contributed by atoms with Gasteiger partial charge < -0.3 is 10.2 Å². The third-order valence-corrected chi connectivity index (χ3v) is 5.32. The molecule has 28 heavy (non-hydrogen) atoms. The van der Waals surface area contributed by atoms with Gasteiger partial charge in [-0.05, 0) is 49.2 Å². The number of halogens is 3. The zero-order chi connectivity index (χ0) is 20.1. The molecule has 1 N–H and O–H groups in total. The van der Waals surface area contributed by atoms with Gasteiger partial charge in [-0.25, -0.2) is 4.39 Å². The molecular formula is C20H19F3N2O2S. The van der Waals surface area contributed by atoms with Crippen molar-refractivity contribution in [3.63, 3.8) is 0 Å². The van der Waals surface area contributed by atoms with Gasteiger partial charge in [-0.1, -0.05) is 23.9 Å². The minimum absolute atomic E-state index is 0.228. The largest absolute Gasteiger partial charge is 0.338 e. The molecule has 0 aromatic heterocycles. The van der Waals surface area contributed by atoms with E-state index in [1.165, 1.54) is 30.3 Å². The van der Waals surface area contributed by atoms with Crippen LogP contribution in [-0.2, 0) is 4.79 Å². The molecule has 3 rings (SSSR count). The summed E-state index contributed by atoms with van der Waals surface area (Å²) in [7, 11) is 0. The molecule has 0 bridgehead atoms. The number of likely N-dealkylation sites (tertiary alicyclic amines) is 1. The Morgan fingerprint density at radius 2 is 1.82 bits per heavy atom. The molecule has 1 saturated heterocycles. The average molecular weight is 408 g/mol. The van der Waals surface area contributed by atoms with E-state index in [1.807, 2.05) is 0 Å². The van der Waals surface area contributed by atoms with Crippen molar-refractivity contribution in [2.24, 2.45) is 5.92 Å². The predicted molar refractivity (Wildman–Crippen MR) is 102 cm³/mol. The van der Waals surface area contributed by atoms with Crippen LogP contribution in [0.15, 0.2) is 53.4 Å². The molecule has 1 aliphatic heterocycles. The van der Waals surface area contributed by atoms with Crippen molar-refractivity contribution in [3.05, 3.63) is 59.9 Å². The molecule has 2 aromatic carbocycles. The fourth-order valence-electron chi connectivity index (χ4n) is 3.15. The molecule has 148 valence electrons. The Morgan fingerprint density at radius 1 is 1.11 bits per heavy atom. The number of piperidine rings is 1. The van der Waals surface area contributed by atoms with Gasteiger partial charge in [-0.2, -0.15) is 8.78 Å². The Bertz CT molecular complexity index is 846. The van der Waals surface area contributed by atoms with E-state index in [1.54, 1.807) is 23.1 Å². The van der Waals surface area contributed by atoms with Crippen LogP contribution in [0, 0.1) is 11.7 Å². The molecule has 0 radical (unpaired) electrons. The fourth-order valence-corrected chi connectivity index (χ4v) is 3.75. The SMILES string of the molecule is O=C(Nc1ccccc1SC(F)F)C1CCCN(C(=O)c2ccc(F)cc2)C1. The van der Waals surface area contributed by atoms with E-state index < -0.39 is 17.5 Å². The summed E-state index contributed by atoms with van der Waals surface area (Å²) in [6, 6.07) is 11.7. The Morgan fingerprint density at radius 3 is 2.54 bits per heavy atom. The maximum Gasteiger partial charge on any atom is 0.288 e. The number of amides is 2. The van der Waals surface area contributed by atoms with Crippen molar-refractivity contribution < 1.29 is 22.8 Å². The normalized spacial score (nSPS) is 16.9. The van der Waals surface area contributed by atoms with E-state index in [4.69, 9.17) is 0 Å². The van der Waals surface area contributed by atoms with Gasteiger partial charge >= 0.3 is 0 Å². The standard InChI is InChI=1S/C20H19F3N2O2S/c21-15-9-7-13(8-10-15)19(27)25-11-3-4-14(12-25)18(26)24-16-5-1-2-6-17(16)28-20(22)23/h1-2,5-10,14,20H,3-4,11-12H2,(H,24,26). The third kappa shape index (κ3) is 5.07. The third-order valence-electron chi connectivity index (χ3n) is 4.53. The summed E-state index contributed by atoms with van der Waals surface area (Å²) < 4.78 is 38.5. The number of thioether (sulfide) groups is 1. The van der Waals surface area contributed by atoms with Crippen molar-refractivity contribution >= 4 is 29.3 Å². The van der Waals surface area contributed by atoms with Crippen LogP contribution < -0.4 is 5.32 Å². The molecule has 0 spiro atoms. The Balaban J connectivity index is 1.66. The molecule has 1 heterocycles. The quantitative estimate of drug-likeness (QED) is 0.734. The van der Waals surface area contributed by atoms with Crippen LogP contribution in [0.5, 0.6) is 0 Å². The second-order valence-corrected chi connectivity index (χ2v) is 7.49. The fraction of sp³-hybridized carbons (Fsp3) is 0.300. The summed E-state index contributed by atoms with van der Waals surface area (Å²) in [5.74, 6) is -4.02. The summed E-state index contributed by atoms with van der Waals surface area (Å²) in [6.07, 6.45) is 1.25. The lowest BCUT2D eigenvalue weighted by Gasteiger charge is -2.32. The van der Waals surface area contributed by atoms with Crippen LogP contribution in [0.2, 0.25) is 0 Å². The highest BCUT2D eigenvalue weighted by Crippen LogP contribution is 2.32. The molecule has 1 fully saturated rings. The molecular weight excluding hydrogens is 389 g/mol. The van der Waals surface area contributed by atoms with Gasteiger partial charge in [0, 0.05) is 23.5 Å². The number of carbonyl (C=O) groups is 2. The zero-order valence-electron chi connectivity index (χ0n) is 14.9. The highest BCUT2D eigenvalue weighted by molar-refractivity contribution is 7.99. The lowest BCUT2D eigenvalue weighted by atomic mass is 9.96. The van der Waals surface area contributed by atoms with Gasteiger partial charge in [-0.15, -0.1) is 0 Å². The zero-order valence-corrected chi connectivity index (χ0v) is 15.7. The van der Waals surface area contributed by atoms with Crippen LogP contribution in [0.1, 0.15) is 23.2 Å². The lowest BCUT2D eigenvalue weighted by Crippen LogP contribution is -2.43. The maximum absolute atomic E-state index is 13.1. The average Bonchev–Trinajstić information content (AvgIpc) is 2.69. The van der Waals surface area contributed by atoms with Crippen molar-refractivity contribution in [1.82, 2.24) is 4.90 Å². The monoisotopic (exact) mass is 408 g/mol. The molecule has 0 saturated carbocycles. The summed E-state index contributed by atoms with van der Waals surface area (Å²) in [5, 5.41) is 2.71. The molecule has 2 amide bonds. The first kappa shape index (κ1) is 20.3. The van der Waals surface area contributed by atoms with E-state index in [0.29, 0.717) is 47.3 Å². The minimum atomic E-state index is -2.59. The van der Waals surface area contributed by atoms with E-state index in [-0.39, 0.29) is 18.4 Å². The van der Waals surface area contributed by atoms with Crippen LogP contribution in [0.25, 0.3) is 0 Å². The lowest BCUT2D eigenvalue weighted by molar-refractivity contribution is -0.121. The van der Waals surface area contributed by atoms with Gasteiger partial charge in [0.2, 0.25) is 5.91 Å². The summed E-state index contributed by atoms with van der Waals surface area (Å²) in [4.78, 5) is 27.1. The number of nitrogens with zero attached hydrogens (tertiary/aromatic N) is 1. The topological polar surface area (TPSA) is 49.4 Å². The van der Waals surface area contributed by atoms with Crippen molar-refractivity contribution in [2.45, 2.75) is 23.5 Å². The molecule has 4 nitrogen and oxygen atoms in total. The second-order valence-electron chi connectivity index (χ2n) is 6.46. The first-order valence-corrected chi connectivity index (χ1v) is 9.71. The van der Waals surface area contributed by atoms with Crippen molar-refractivity contribution in [3.8, 4) is 0 Å². The summed E-state index contributed by atoms with van der Waals surface area (Å²) >= 11 is 0.374. The highest BCUT2D eigenvalue weighted by Gasteiger charge is 2.29. The molecule has 1 aliphatic rings. The number of hydrogen-bond donors (Lipinski definition) is 1. The number of hydrogen-bond acceptors (Lipinski definition) is 3. The van der Waals surface area contributed by atoms with Gasteiger partial charge in [0.05, 0.1) is 11.6 Å². The number of para-hydroxylation sites is 1. The summed E-state index contributed by atoms with van der Waals surface area (Å²) in [5.41, 5.74) is 0.695. The minimum Gasteiger partial charge on any atom is -0.338 e. The number of anilines is 1. The van der Waals surface area contributed by atoms with Crippen LogP contribution in [0.3, 0.4) is 0 Å². The van der Waals surface area contributed by atoms with E-state index in [2.05, 4.69) is 5.32 Å². The van der Waals surface area contributed by atoms with E-state index in [0.717, 1.165) is 0 Å². The number of benzene rings is 2. The molecule has 8 heteroatoms. The Labute approximate surface area is 165 Å². The maximum atomic E-state index is 13.1. The van der Waals surface area contributed by atoms with Gasteiger partial charge in [0.1, 0.15) is 5.82 Å². The second kappa shape index (κ2) is 9.14. The first-order chi connectivity index (χ1) is 13.4. The molecule has 2 aromatic rings. The summed E-state index contributed by atoms with van der Waals surface area (Å²) in [6.45, 7) is 0.740. The van der Waals surface area contributed by atoms with Gasteiger partial charge in [0.15, 0.2) is 0 Å². The molecule has 0 aliphatic carbocycles. The van der Waals surface area contributed by atoms with Crippen molar-refractivity contribution in [1.29, 1.82) is 0 Å². The van der Waals surface area contributed by atoms with Crippen LogP contribution in [0.4, 0.5) is 18.9 Å². The van der Waals surface area contributed by atoms with E-state index in [9.17, 15) is 22.8 Å². The Hall–Kier alpha value is -2.48. The van der Waals surface area contributed by atoms with Gasteiger partial charge in [0.25, 0.3) is 11.7 Å². The number of nitrogens with one attached hydrogen (secondary N) is 1. The van der Waals surface area contributed by atoms with Gasteiger partial charge in [-0.3, -0.25) is 9.59 Å². The first-order valence-electron chi connectivity index (χ1n) is 8.83. The smallest absolute Gasteiger partial charge is 0.288 e. The van der Waals surface area contributed by atoms with Crippen molar-refractivity contribution in [2.75, 3.05) is 18.4 Å². The number of alkyl halides is 2. The molecule has 1 unspecified atom stereocenters. The van der Waals surface area contributed by atoms with Crippen LogP contribution >= 0.6 is 11.8 Å². The Kier molecular flexibility index (Phi) is 6.61. The predicted octanol–water partition coefficient (Wildman–Crippen LogP) is 4.63. The number of carbonyl (C=O) groups excluding carboxylic acids is 2. The van der Waals surface area contributed by atoms with E-state index >= 15 is 0 Å². The molecule has 1 atom stereocenters. The number of rotatable bonds is 5. The highest BCUT2D eigenvalue weighted by atomic mass is 32.2.